The number of carbonyl (C=O) groups is 2. The second-order valence-corrected chi connectivity index (χ2v) is 19.6. The van der Waals surface area contributed by atoms with E-state index in [-0.39, 0.29) is 18.5 Å². The normalized spacial score (nSPS) is 12.8. The predicted molar refractivity (Wildman–Crippen MR) is 278 cm³/mol. The van der Waals surface area contributed by atoms with Crippen LogP contribution in [0.4, 0.5) is 0 Å². The molecule has 0 aliphatic rings. The van der Waals surface area contributed by atoms with Crippen LogP contribution in [0.3, 0.4) is 0 Å². The van der Waals surface area contributed by atoms with Crippen LogP contribution >= 0.6 is 0 Å². The lowest BCUT2D eigenvalue weighted by Crippen LogP contribution is -2.45. The lowest BCUT2D eigenvalue weighted by molar-refractivity contribution is -0.143. The van der Waals surface area contributed by atoms with Crippen LogP contribution in [0, 0.1) is 0 Å². The summed E-state index contributed by atoms with van der Waals surface area (Å²) in [4.78, 5) is 24.5. The zero-order valence-corrected chi connectivity index (χ0v) is 43.0. The van der Waals surface area contributed by atoms with Crippen molar-refractivity contribution in [1.29, 1.82) is 0 Å². The average molecular weight is 903 g/mol. The van der Waals surface area contributed by atoms with Crippen LogP contribution in [-0.4, -0.2) is 47.4 Å². The minimum atomic E-state index is -0.687. The number of ether oxygens (including phenoxy) is 1. The standard InChI is InChI=1S/C58H111NO5/c1-3-5-7-9-11-13-15-17-18-19-20-21-22-23-24-25-26-27-28-29-30-34-38-42-46-50-56(61)55(54-60)59-57(62)51-47-43-39-35-32-33-37-41-45-49-53-64-58(63)52-48-44-40-36-31-16-14-12-10-8-6-4-2/h12,14,33,37,55-56,60-61H,3-11,13,15-32,34-36,38-54H2,1-2H3,(H,59,62)/b14-12-,37-33-. The molecule has 0 aliphatic heterocycles. The average Bonchev–Trinajstić information content (AvgIpc) is 3.29. The van der Waals surface area contributed by atoms with Gasteiger partial charge in [-0.3, -0.25) is 9.59 Å². The van der Waals surface area contributed by atoms with Gasteiger partial charge in [0.2, 0.25) is 5.91 Å². The van der Waals surface area contributed by atoms with Gasteiger partial charge in [-0.15, -0.1) is 0 Å². The van der Waals surface area contributed by atoms with Crippen LogP contribution in [0.5, 0.6) is 0 Å². The molecule has 1 amide bonds. The molecule has 0 aromatic heterocycles. The monoisotopic (exact) mass is 902 g/mol. The smallest absolute Gasteiger partial charge is 0.305 e. The third-order valence-electron chi connectivity index (χ3n) is 13.2. The third kappa shape index (κ3) is 49.8. The van der Waals surface area contributed by atoms with E-state index in [9.17, 15) is 19.8 Å². The Morgan fingerprint density at radius 1 is 0.422 bits per heavy atom. The van der Waals surface area contributed by atoms with Gasteiger partial charge < -0.3 is 20.3 Å². The van der Waals surface area contributed by atoms with E-state index < -0.39 is 12.1 Å². The molecular formula is C58H111NO5. The second kappa shape index (κ2) is 54.0. The van der Waals surface area contributed by atoms with Crippen molar-refractivity contribution >= 4 is 11.9 Å². The molecule has 6 heteroatoms. The minimum Gasteiger partial charge on any atom is -0.466 e. The van der Waals surface area contributed by atoms with Crippen LogP contribution in [-0.2, 0) is 14.3 Å². The van der Waals surface area contributed by atoms with Crippen molar-refractivity contribution in [3.63, 3.8) is 0 Å². The highest BCUT2D eigenvalue weighted by Gasteiger charge is 2.20. The Morgan fingerprint density at radius 3 is 1.14 bits per heavy atom. The number of aliphatic hydroxyl groups is 2. The number of hydrogen-bond donors (Lipinski definition) is 3. The lowest BCUT2D eigenvalue weighted by atomic mass is 10.0. The highest BCUT2D eigenvalue weighted by molar-refractivity contribution is 5.76. The molecule has 0 saturated carbocycles. The lowest BCUT2D eigenvalue weighted by Gasteiger charge is -2.22. The van der Waals surface area contributed by atoms with Crippen LogP contribution < -0.4 is 5.32 Å². The molecule has 0 rings (SSSR count). The number of nitrogens with one attached hydrogen (secondary N) is 1. The van der Waals surface area contributed by atoms with E-state index in [1.54, 1.807) is 0 Å². The first-order valence-corrected chi connectivity index (χ1v) is 28.6. The fourth-order valence-electron chi connectivity index (χ4n) is 8.81. The Labute approximate surface area is 399 Å². The fourth-order valence-corrected chi connectivity index (χ4v) is 8.81. The number of allylic oxidation sites excluding steroid dienone is 4. The molecule has 0 aromatic rings. The van der Waals surface area contributed by atoms with Crippen molar-refractivity contribution in [2.75, 3.05) is 13.2 Å². The van der Waals surface area contributed by atoms with Crippen molar-refractivity contribution in [2.24, 2.45) is 0 Å². The topological polar surface area (TPSA) is 95.9 Å². The SMILES string of the molecule is CCCCC/C=C\CCCCCCCC(=O)OCCCC/C=C\CCCCCCC(=O)NC(CO)C(O)CCCCCCCCCCCCCCCCCCCCCCCCCCC. The second-order valence-electron chi connectivity index (χ2n) is 19.6. The van der Waals surface area contributed by atoms with Crippen molar-refractivity contribution < 1.29 is 24.5 Å². The van der Waals surface area contributed by atoms with E-state index in [1.807, 2.05) is 0 Å². The Balaban J connectivity index is 3.50. The number of hydrogen-bond acceptors (Lipinski definition) is 5. The Morgan fingerprint density at radius 2 is 0.734 bits per heavy atom. The maximum atomic E-state index is 12.5. The number of aliphatic hydroxyl groups excluding tert-OH is 2. The summed E-state index contributed by atoms with van der Waals surface area (Å²) in [5, 5.41) is 23.3. The van der Waals surface area contributed by atoms with Crippen LogP contribution in [0.2, 0.25) is 0 Å². The molecule has 0 heterocycles. The van der Waals surface area contributed by atoms with Crippen LogP contribution in [0.15, 0.2) is 24.3 Å². The van der Waals surface area contributed by atoms with Gasteiger partial charge in [-0.2, -0.15) is 0 Å². The van der Waals surface area contributed by atoms with Gasteiger partial charge in [0, 0.05) is 12.8 Å². The van der Waals surface area contributed by atoms with Gasteiger partial charge in [-0.25, -0.2) is 0 Å². The van der Waals surface area contributed by atoms with Gasteiger partial charge in [0.05, 0.1) is 25.4 Å². The predicted octanol–water partition coefficient (Wildman–Crippen LogP) is 17.5. The largest absolute Gasteiger partial charge is 0.466 e. The molecule has 0 aromatic carbocycles. The van der Waals surface area contributed by atoms with Crippen molar-refractivity contribution in [1.82, 2.24) is 5.32 Å². The Hall–Kier alpha value is -1.66. The van der Waals surface area contributed by atoms with Gasteiger partial charge >= 0.3 is 5.97 Å². The summed E-state index contributed by atoms with van der Waals surface area (Å²) in [5.74, 6) is -0.114. The summed E-state index contributed by atoms with van der Waals surface area (Å²) in [6, 6.07) is -0.568. The Bertz CT molecular complexity index is 997. The molecule has 0 saturated heterocycles. The van der Waals surface area contributed by atoms with Crippen LogP contribution in [0.1, 0.15) is 309 Å². The number of amides is 1. The summed E-state index contributed by atoms with van der Waals surface area (Å²) >= 11 is 0. The highest BCUT2D eigenvalue weighted by Crippen LogP contribution is 2.17. The number of esters is 1. The quantitative estimate of drug-likeness (QED) is 0.0321. The molecule has 378 valence electrons. The molecular weight excluding hydrogens is 791 g/mol. The summed E-state index contributed by atoms with van der Waals surface area (Å²) in [6.07, 6.45) is 64.6. The summed E-state index contributed by atoms with van der Waals surface area (Å²) in [7, 11) is 0. The summed E-state index contributed by atoms with van der Waals surface area (Å²) in [5.41, 5.74) is 0. The summed E-state index contributed by atoms with van der Waals surface area (Å²) < 4.78 is 5.42. The molecule has 2 unspecified atom stereocenters. The number of rotatable bonds is 53. The van der Waals surface area contributed by atoms with E-state index in [4.69, 9.17) is 4.74 Å². The first-order chi connectivity index (χ1) is 31.5. The van der Waals surface area contributed by atoms with Crippen molar-refractivity contribution in [2.45, 2.75) is 321 Å². The van der Waals surface area contributed by atoms with Crippen LogP contribution in [0.25, 0.3) is 0 Å². The van der Waals surface area contributed by atoms with Crippen molar-refractivity contribution in [3.05, 3.63) is 24.3 Å². The first kappa shape index (κ1) is 62.3. The molecule has 0 spiro atoms. The summed E-state index contributed by atoms with van der Waals surface area (Å²) in [6.45, 7) is 4.85. The maximum absolute atomic E-state index is 12.5. The van der Waals surface area contributed by atoms with E-state index in [0.29, 0.717) is 25.9 Å². The molecule has 64 heavy (non-hydrogen) atoms. The van der Waals surface area contributed by atoms with E-state index in [0.717, 1.165) is 77.0 Å². The number of unbranched alkanes of at least 4 members (excludes halogenated alkanes) is 38. The van der Waals surface area contributed by atoms with Crippen molar-refractivity contribution in [3.8, 4) is 0 Å². The minimum absolute atomic E-state index is 0.0456. The molecule has 0 fully saturated rings. The maximum Gasteiger partial charge on any atom is 0.305 e. The molecule has 0 bridgehead atoms. The zero-order valence-electron chi connectivity index (χ0n) is 43.0. The van der Waals surface area contributed by atoms with Gasteiger partial charge in [0.1, 0.15) is 0 Å². The Kier molecular flexibility index (Phi) is 52.6. The molecule has 6 nitrogen and oxygen atoms in total. The molecule has 3 N–H and O–H groups in total. The first-order valence-electron chi connectivity index (χ1n) is 28.6. The molecule has 2 atom stereocenters. The van der Waals surface area contributed by atoms with Gasteiger partial charge in [0.25, 0.3) is 0 Å². The molecule has 0 radical (unpaired) electrons. The van der Waals surface area contributed by atoms with E-state index in [2.05, 4.69) is 43.5 Å². The van der Waals surface area contributed by atoms with Gasteiger partial charge in [-0.1, -0.05) is 244 Å². The number of carbonyl (C=O) groups excluding carboxylic acids is 2. The zero-order chi connectivity index (χ0) is 46.5. The van der Waals surface area contributed by atoms with Gasteiger partial charge in [0.15, 0.2) is 0 Å². The highest BCUT2D eigenvalue weighted by atomic mass is 16.5. The fraction of sp³-hybridized carbons (Fsp3) is 0.897. The van der Waals surface area contributed by atoms with E-state index >= 15 is 0 Å². The van der Waals surface area contributed by atoms with E-state index in [1.165, 1.54) is 199 Å². The third-order valence-corrected chi connectivity index (χ3v) is 13.2. The van der Waals surface area contributed by atoms with Gasteiger partial charge in [-0.05, 0) is 77.0 Å². The molecule has 0 aliphatic carbocycles.